The van der Waals surface area contributed by atoms with Gasteiger partial charge in [0.15, 0.2) is 11.5 Å². The van der Waals surface area contributed by atoms with Crippen LogP contribution >= 0.6 is 0 Å². The van der Waals surface area contributed by atoms with Gasteiger partial charge >= 0.3 is 0 Å². The smallest absolute Gasteiger partial charge is 0.251 e. The summed E-state index contributed by atoms with van der Waals surface area (Å²) in [6.45, 7) is 6.73. The zero-order valence-corrected chi connectivity index (χ0v) is 12.3. The maximum Gasteiger partial charge on any atom is 0.251 e. The Hall–Kier alpha value is -1.75. The van der Waals surface area contributed by atoms with Crippen LogP contribution in [0.5, 0.6) is 11.5 Å². The van der Waals surface area contributed by atoms with Crippen molar-refractivity contribution in [2.24, 2.45) is 0 Å². The topological polar surface area (TPSA) is 67.8 Å². The van der Waals surface area contributed by atoms with Crippen molar-refractivity contribution in [3.8, 4) is 11.5 Å². The van der Waals surface area contributed by atoms with E-state index in [9.17, 15) is 4.79 Å². The Morgan fingerprint density at radius 2 is 1.90 bits per heavy atom. The summed E-state index contributed by atoms with van der Waals surface area (Å²) in [5, 5.41) is 11.7. The average Bonchev–Trinajstić information content (AvgIpc) is 2.41. The van der Waals surface area contributed by atoms with Gasteiger partial charge in [0.1, 0.15) is 0 Å². The van der Waals surface area contributed by atoms with Crippen molar-refractivity contribution in [3.05, 3.63) is 23.8 Å². The van der Waals surface area contributed by atoms with Gasteiger partial charge in [0.2, 0.25) is 0 Å². The number of carbonyl (C=O) groups excluding carboxylic acids is 1. The molecule has 1 aromatic carbocycles. The Bertz CT molecular complexity index is 434. The molecule has 0 aliphatic rings. The number of aliphatic hydroxyl groups is 1. The number of hydrogen-bond acceptors (Lipinski definition) is 4. The molecule has 2 N–H and O–H groups in total. The summed E-state index contributed by atoms with van der Waals surface area (Å²) in [7, 11) is 0. The predicted octanol–water partition coefficient (Wildman–Crippen LogP) is 1.98. The minimum atomic E-state index is -0.185. The molecule has 1 aromatic rings. The van der Waals surface area contributed by atoms with Crippen LogP contribution in [-0.4, -0.2) is 36.9 Å². The lowest BCUT2D eigenvalue weighted by atomic mass is 10.1. The second-order valence-corrected chi connectivity index (χ2v) is 4.41. The predicted molar refractivity (Wildman–Crippen MR) is 77.4 cm³/mol. The van der Waals surface area contributed by atoms with Crippen LogP contribution in [0.15, 0.2) is 18.2 Å². The Kier molecular flexibility index (Phi) is 6.87. The Balaban J connectivity index is 2.84. The number of hydrogen-bond donors (Lipinski definition) is 2. The van der Waals surface area contributed by atoms with Crippen LogP contribution in [0.25, 0.3) is 0 Å². The fraction of sp³-hybridized carbons (Fsp3) is 0.533. The third kappa shape index (κ3) is 4.74. The molecule has 0 fully saturated rings. The highest BCUT2D eigenvalue weighted by Crippen LogP contribution is 2.28. The summed E-state index contributed by atoms with van der Waals surface area (Å²) < 4.78 is 10.9. The number of benzene rings is 1. The molecule has 0 aliphatic carbocycles. The largest absolute Gasteiger partial charge is 0.490 e. The first-order valence-corrected chi connectivity index (χ1v) is 6.93. The van der Waals surface area contributed by atoms with Crippen LogP contribution in [0.3, 0.4) is 0 Å². The van der Waals surface area contributed by atoms with Crippen molar-refractivity contribution in [2.45, 2.75) is 33.2 Å². The van der Waals surface area contributed by atoms with Gasteiger partial charge in [0.05, 0.1) is 13.2 Å². The molecule has 0 radical (unpaired) electrons. The molecule has 1 amide bonds. The van der Waals surface area contributed by atoms with Crippen LogP contribution < -0.4 is 14.8 Å². The molecule has 112 valence electrons. The number of aliphatic hydroxyl groups excluding tert-OH is 1. The molecular formula is C15H23NO4. The second kappa shape index (κ2) is 8.43. The maximum atomic E-state index is 12.1. The van der Waals surface area contributed by atoms with Gasteiger partial charge in [-0.05, 0) is 45.4 Å². The zero-order valence-electron chi connectivity index (χ0n) is 12.3. The lowest BCUT2D eigenvalue weighted by Crippen LogP contribution is -2.33. The van der Waals surface area contributed by atoms with Crippen molar-refractivity contribution in [2.75, 3.05) is 19.8 Å². The van der Waals surface area contributed by atoms with E-state index in [1.54, 1.807) is 18.2 Å². The van der Waals surface area contributed by atoms with Gasteiger partial charge in [-0.25, -0.2) is 0 Å². The van der Waals surface area contributed by atoms with Crippen LogP contribution in [0.2, 0.25) is 0 Å². The molecule has 20 heavy (non-hydrogen) atoms. The second-order valence-electron chi connectivity index (χ2n) is 4.41. The summed E-state index contributed by atoms with van der Waals surface area (Å²) in [5.74, 6) is 1.01. The Morgan fingerprint density at radius 3 is 2.50 bits per heavy atom. The first-order valence-electron chi connectivity index (χ1n) is 6.93. The van der Waals surface area contributed by atoms with Gasteiger partial charge in [-0.2, -0.15) is 0 Å². The highest BCUT2D eigenvalue weighted by Gasteiger charge is 2.13. The van der Waals surface area contributed by atoms with Crippen LogP contribution in [-0.2, 0) is 0 Å². The van der Waals surface area contributed by atoms with E-state index in [0.29, 0.717) is 36.7 Å². The third-order valence-corrected chi connectivity index (χ3v) is 2.75. The molecule has 1 atom stereocenters. The van der Waals surface area contributed by atoms with Gasteiger partial charge in [-0.1, -0.05) is 0 Å². The molecule has 0 aromatic heterocycles. The zero-order chi connectivity index (χ0) is 15.0. The standard InChI is InChI=1S/C15H23NO4/c1-4-19-13-7-6-12(10-14(13)20-5-2)15(18)16-11(3)8-9-17/h6-7,10-11,17H,4-5,8-9H2,1-3H3,(H,16,18). The van der Waals surface area contributed by atoms with Crippen LogP contribution in [0.4, 0.5) is 0 Å². The van der Waals surface area contributed by atoms with E-state index < -0.39 is 0 Å². The first-order chi connectivity index (χ1) is 9.62. The van der Waals surface area contributed by atoms with Gasteiger partial charge in [-0.15, -0.1) is 0 Å². The SMILES string of the molecule is CCOc1ccc(C(=O)NC(C)CCO)cc1OCC. The van der Waals surface area contributed by atoms with Gasteiger partial charge < -0.3 is 19.9 Å². The van der Waals surface area contributed by atoms with Crippen LogP contribution in [0.1, 0.15) is 37.6 Å². The van der Waals surface area contributed by atoms with E-state index in [0.717, 1.165) is 0 Å². The van der Waals surface area contributed by atoms with Gasteiger partial charge in [-0.3, -0.25) is 4.79 Å². The van der Waals surface area contributed by atoms with E-state index >= 15 is 0 Å². The normalized spacial score (nSPS) is 11.8. The molecule has 0 heterocycles. The Labute approximate surface area is 119 Å². The molecular weight excluding hydrogens is 258 g/mol. The summed E-state index contributed by atoms with van der Waals surface area (Å²) in [6.07, 6.45) is 0.529. The van der Waals surface area contributed by atoms with Crippen molar-refractivity contribution >= 4 is 5.91 Å². The van der Waals surface area contributed by atoms with Crippen molar-refractivity contribution in [3.63, 3.8) is 0 Å². The highest BCUT2D eigenvalue weighted by molar-refractivity contribution is 5.95. The Morgan fingerprint density at radius 1 is 1.25 bits per heavy atom. The van der Waals surface area contributed by atoms with E-state index in [-0.39, 0.29) is 18.6 Å². The maximum absolute atomic E-state index is 12.1. The number of carbonyl (C=O) groups is 1. The first kappa shape index (κ1) is 16.3. The molecule has 1 rings (SSSR count). The molecule has 1 unspecified atom stereocenters. The molecule has 0 aliphatic heterocycles. The summed E-state index contributed by atoms with van der Waals surface area (Å²) >= 11 is 0. The molecule has 0 saturated heterocycles. The number of rotatable bonds is 8. The highest BCUT2D eigenvalue weighted by atomic mass is 16.5. The molecule has 0 bridgehead atoms. The minimum Gasteiger partial charge on any atom is -0.490 e. The van der Waals surface area contributed by atoms with Gasteiger partial charge in [0.25, 0.3) is 5.91 Å². The minimum absolute atomic E-state index is 0.0505. The average molecular weight is 281 g/mol. The van der Waals surface area contributed by atoms with E-state index in [1.807, 2.05) is 20.8 Å². The lowest BCUT2D eigenvalue weighted by molar-refractivity contribution is 0.0934. The van der Waals surface area contributed by atoms with E-state index in [2.05, 4.69) is 5.32 Å². The molecule has 0 saturated carbocycles. The summed E-state index contributed by atoms with van der Waals surface area (Å²) in [4.78, 5) is 12.1. The van der Waals surface area contributed by atoms with Crippen LogP contribution in [0, 0.1) is 0 Å². The fourth-order valence-electron chi connectivity index (χ4n) is 1.77. The van der Waals surface area contributed by atoms with Crippen molar-refractivity contribution in [1.29, 1.82) is 0 Å². The number of nitrogens with one attached hydrogen (secondary N) is 1. The molecule has 5 nitrogen and oxygen atoms in total. The lowest BCUT2D eigenvalue weighted by Gasteiger charge is -2.15. The number of amides is 1. The quantitative estimate of drug-likeness (QED) is 0.764. The van der Waals surface area contributed by atoms with E-state index in [4.69, 9.17) is 14.6 Å². The fourth-order valence-corrected chi connectivity index (χ4v) is 1.77. The van der Waals surface area contributed by atoms with E-state index in [1.165, 1.54) is 0 Å². The van der Waals surface area contributed by atoms with Crippen molar-refractivity contribution in [1.82, 2.24) is 5.32 Å². The van der Waals surface area contributed by atoms with Crippen molar-refractivity contribution < 1.29 is 19.4 Å². The number of ether oxygens (including phenoxy) is 2. The summed E-state index contributed by atoms with van der Waals surface area (Å²) in [5.41, 5.74) is 0.515. The summed E-state index contributed by atoms with van der Waals surface area (Å²) in [6, 6.07) is 5.04. The van der Waals surface area contributed by atoms with Gasteiger partial charge in [0, 0.05) is 18.2 Å². The molecule has 5 heteroatoms. The molecule has 0 spiro atoms. The monoisotopic (exact) mass is 281 g/mol. The third-order valence-electron chi connectivity index (χ3n) is 2.75.